The van der Waals surface area contributed by atoms with Crippen molar-refractivity contribution in [2.45, 2.75) is 26.6 Å². The first-order valence-corrected chi connectivity index (χ1v) is 9.76. The summed E-state index contributed by atoms with van der Waals surface area (Å²) in [4.78, 5) is 0. The summed E-state index contributed by atoms with van der Waals surface area (Å²) in [6.45, 7) is 8.57. The van der Waals surface area contributed by atoms with Crippen molar-refractivity contribution < 1.29 is 4.39 Å². The van der Waals surface area contributed by atoms with Crippen molar-refractivity contribution in [3.8, 4) is 11.1 Å². The van der Waals surface area contributed by atoms with Crippen LogP contribution < -0.4 is 5.19 Å². The van der Waals surface area contributed by atoms with Crippen LogP contribution in [0.15, 0.2) is 42.5 Å². The van der Waals surface area contributed by atoms with Crippen molar-refractivity contribution in [1.29, 1.82) is 0 Å². The van der Waals surface area contributed by atoms with Crippen LogP contribution in [0.25, 0.3) is 11.1 Å². The number of halogens is 1. The van der Waals surface area contributed by atoms with Crippen LogP contribution >= 0.6 is 0 Å². The van der Waals surface area contributed by atoms with Crippen LogP contribution in [0.1, 0.15) is 5.56 Å². The van der Waals surface area contributed by atoms with Gasteiger partial charge >= 0.3 is 0 Å². The second kappa shape index (κ2) is 4.69. The molecular weight excluding hydrogens is 239 g/mol. The van der Waals surface area contributed by atoms with Crippen molar-refractivity contribution in [2.24, 2.45) is 0 Å². The molecule has 0 radical (unpaired) electrons. The van der Waals surface area contributed by atoms with Gasteiger partial charge in [0.1, 0.15) is 5.82 Å². The van der Waals surface area contributed by atoms with Crippen LogP contribution in [0.4, 0.5) is 4.39 Å². The number of hydrogen-bond donors (Lipinski definition) is 0. The molecular formula is C16H19FSi. The Balaban J connectivity index is 2.66. The minimum atomic E-state index is -1.66. The Hall–Kier alpha value is -1.41. The van der Waals surface area contributed by atoms with Crippen LogP contribution in [-0.2, 0) is 0 Å². The van der Waals surface area contributed by atoms with Crippen molar-refractivity contribution in [2.75, 3.05) is 0 Å². The maximum atomic E-state index is 14.7. The van der Waals surface area contributed by atoms with Crippen molar-refractivity contribution in [1.82, 2.24) is 0 Å². The zero-order valence-corrected chi connectivity index (χ0v) is 12.4. The fourth-order valence-electron chi connectivity index (χ4n) is 2.43. The van der Waals surface area contributed by atoms with Crippen molar-refractivity contribution in [3.05, 3.63) is 53.8 Å². The molecule has 0 bridgehead atoms. The van der Waals surface area contributed by atoms with Gasteiger partial charge in [0.25, 0.3) is 0 Å². The third kappa shape index (κ3) is 2.39. The van der Waals surface area contributed by atoms with Gasteiger partial charge in [-0.2, -0.15) is 0 Å². The number of aryl methyl sites for hydroxylation is 1. The molecule has 18 heavy (non-hydrogen) atoms. The molecule has 0 aliphatic carbocycles. The summed E-state index contributed by atoms with van der Waals surface area (Å²) in [7, 11) is -1.66. The summed E-state index contributed by atoms with van der Waals surface area (Å²) in [5.74, 6) is -0.0274. The number of hydrogen-bond acceptors (Lipinski definition) is 0. The molecule has 2 rings (SSSR count). The molecule has 2 heteroatoms. The lowest BCUT2D eigenvalue weighted by Gasteiger charge is -2.22. The van der Waals surface area contributed by atoms with Gasteiger partial charge in [-0.05, 0) is 23.2 Å². The first-order valence-electron chi connectivity index (χ1n) is 6.26. The van der Waals surface area contributed by atoms with E-state index in [0.717, 1.165) is 21.9 Å². The normalized spacial score (nSPS) is 11.6. The van der Waals surface area contributed by atoms with Crippen molar-refractivity contribution >= 4 is 13.3 Å². The van der Waals surface area contributed by atoms with Crippen LogP contribution in [0.2, 0.25) is 19.6 Å². The van der Waals surface area contributed by atoms with Crippen LogP contribution in [0.5, 0.6) is 0 Å². The minimum absolute atomic E-state index is 0.0274. The van der Waals surface area contributed by atoms with E-state index in [-0.39, 0.29) is 5.82 Å². The molecule has 0 aliphatic rings. The van der Waals surface area contributed by atoms with Gasteiger partial charge < -0.3 is 0 Å². The van der Waals surface area contributed by atoms with Gasteiger partial charge in [0, 0.05) is 5.56 Å². The third-order valence-corrected chi connectivity index (χ3v) is 5.30. The Morgan fingerprint density at radius 2 is 1.50 bits per heavy atom. The Bertz CT molecular complexity index is 553. The van der Waals surface area contributed by atoms with Gasteiger partial charge in [-0.3, -0.25) is 0 Å². The molecule has 0 aliphatic heterocycles. The highest BCUT2D eigenvalue weighted by Crippen LogP contribution is 2.24. The fraction of sp³-hybridized carbons (Fsp3) is 0.250. The van der Waals surface area contributed by atoms with E-state index < -0.39 is 8.07 Å². The molecule has 0 amide bonds. The minimum Gasteiger partial charge on any atom is -0.206 e. The summed E-state index contributed by atoms with van der Waals surface area (Å²) < 4.78 is 14.7. The highest BCUT2D eigenvalue weighted by Gasteiger charge is 2.24. The average molecular weight is 258 g/mol. The molecule has 0 fully saturated rings. The molecule has 0 aromatic heterocycles. The predicted molar refractivity (Wildman–Crippen MR) is 79.6 cm³/mol. The van der Waals surface area contributed by atoms with E-state index >= 15 is 0 Å². The van der Waals surface area contributed by atoms with Crippen LogP contribution in [0.3, 0.4) is 0 Å². The zero-order chi connectivity index (χ0) is 13.3. The Kier molecular flexibility index (Phi) is 3.40. The summed E-state index contributed by atoms with van der Waals surface area (Å²) in [6, 6.07) is 13.7. The molecule has 0 saturated carbocycles. The summed E-state index contributed by atoms with van der Waals surface area (Å²) in [5, 5.41) is 0.948. The van der Waals surface area contributed by atoms with Gasteiger partial charge in [0.2, 0.25) is 0 Å². The molecule has 94 valence electrons. The van der Waals surface area contributed by atoms with Gasteiger partial charge in [-0.25, -0.2) is 4.39 Å². The Morgan fingerprint density at radius 3 is 2.06 bits per heavy atom. The van der Waals surface area contributed by atoms with Crippen LogP contribution in [-0.4, -0.2) is 8.07 Å². The SMILES string of the molecule is Cc1ccc(-c2ccccc2)c(F)c1[Si](C)(C)C. The summed E-state index contributed by atoms with van der Waals surface area (Å²) >= 11 is 0. The van der Waals surface area contributed by atoms with Gasteiger partial charge in [0.15, 0.2) is 0 Å². The number of benzene rings is 2. The van der Waals surface area contributed by atoms with E-state index in [1.54, 1.807) is 0 Å². The fourth-order valence-corrected chi connectivity index (χ4v) is 4.49. The van der Waals surface area contributed by atoms with E-state index in [1.807, 2.05) is 49.4 Å². The highest BCUT2D eigenvalue weighted by atomic mass is 28.3. The van der Waals surface area contributed by atoms with Crippen molar-refractivity contribution in [3.63, 3.8) is 0 Å². The van der Waals surface area contributed by atoms with Crippen LogP contribution in [0, 0.1) is 12.7 Å². The molecule has 2 aromatic rings. The maximum absolute atomic E-state index is 14.7. The van der Waals surface area contributed by atoms with Gasteiger partial charge in [-0.1, -0.05) is 62.1 Å². The van der Waals surface area contributed by atoms with Gasteiger partial charge in [0.05, 0.1) is 8.07 Å². The van der Waals surface area contributed by atoms with Gasteiger partial charge in [-0.15, -0.1) is 0 Å². The van der Waals surface area contributed by atoms with E-state index in [4.69, 9.17) is 0 Å². The Labute approximate surface area is 109 Å². The molecule has 0 atom stereocenters. The topological polar surface area (TPSA) is 0 Å². The summed E-state index contributed by atoms with van der Waals surface area (Å²) in [5.41, 5.74) is 2.75. The van der Waals surface area contributed by atoms with E-state index in [1.165, 1.54) is 0 Å². The molecule has 0 saturated heterocycles. The van der Waals surface area contributed by atoms with E-state index in [9.17, 15) is 4.39 Å². The lowest BCUT2D eigenvalue weighted by Crippen LogP contribution is -2.42. The standard InChI is InChI=1S/C16H19FSi/c1-12-10-11-14(13-8-6-5-7-9-13)15(17)16(12)18(2,3)4/h5-11H,1-4H3. The number of rotatable bonds is 2. The molecule has 0 unspecified atom stereocenters. The Morgan fingerprint density at radius 1 is 0.889 bits per heavy atom. The highest BCUT2D eigenvalue weighted by molar-refractivity contribution is 6.89. The molecule has 0 N–H and O–H groups in total. The first-order chi connectivity index (χ1) is 8.41. The summed E-state index contributed by atoms with van der Waals surface area (Å²) in [6.07, 6.45) is 0. The lowest BCUT2D eigenvalue weighted by atomic mass is 10.0. The quantitative estimate of drug-likeness (QED) is 0.703. The third-order valence-electron chi connectivity index (χ3n) is 3.19. The van der Waals surface area contributed by atoms with E-state index in [2.05, 4.69) is 19.6 Å². The second-order valence-corrected chi connectivity index (χ2v) is 10.7. The van der Waals surface area contributed by atoms with E-state index in [0.29, 0.717) is 0 Å². The maximum Gasteiger partial charge on any atom is 0.130 e. The first kappa shape index (κ1) is 13.0. The molecule has 0 nitrogen and oxygen atoms in total. The molecule has 0 spiro atoms. The average Bonchev–Trinajstić information content (AvgIpc) is 2.28. The molecule has 0 heterocycles. The predicted octanol–water partition coefficient (Wildman–Crippen LogP) is 4.35. The second-order valence-electron chi connectivity index (χ2n) is 5.74. The molecule has 2 aromatic carbocycles. The smallest absolute Gasteiger partial charge is 0.130 e. The largest absolute Gasteiger partial charge is 0.206 e. The zero-order valence-electron chi connectivity index (χ0n) is 11.4. The monoisotopic (exact) mass is 258 g/mol. The lowest BCUT2D eigenvalue weighted by molar-refractivity contribution is 0.637.